The van der Waals surface area contributed by atoms with E-state index in [4.69, 9.17) is 0 Å². The first kappa shape index (κ1) is 8.73. The fraction of sp³-hybridized carbons (Fsp3) is 0.182. The van der Waals surface area contributed by atoms with Crippen LogP contribution in [-0.4, -0.2) is 16.6 Å². The van der Waals surface area contributed by atoms with Crippen LogP contribution in [0.5, 0.6) is 5.75 Å². The predicted molar refractivity (Wildman–Crippen MR) is 60.9 cm³/mol. The van der Waals surface area contributed by atoms with E-state index in [2.05, 4.69) is 9.88 Å². The molecular formula is C11H10N2OS. The fourth-order valence-corrected chi connectivity index (χ4v) is 2.62. The minimum atomic E-state index is 0.342. The summed E-state index contributed by atoms with van der Waals surface area (Å²) in [6.07, 6.45) is 2.79. The number of anilines is 2. The Balaban J connectivity index is 2.05. The van der Waals surface area contributed by atoms with Crippen LogP contribution in [-0.2, 0) is 6.42 Å². The number of aromatic hydroxyl groups is 1. The number of nitrogens with zero attached hydrogens (tertiary/aromatic N) is 2. The highest BCUT2D eigenvalue weighted by atomic mass is 32.1. The zero-order valence-electron chi connectivity index (χ0n) is 8.05. The van der Waals surface area contributed by atoms with Crippen LogP contribution in [0, 0.1) is 0 Å². The molecule has 0 fully saturated rings. The van der Waals surface area contributed by atoms with Crippen LogP contribution in [0.1, 0.15) is 5.56 Å². The van der Waals surface area contributed by atoms with Crippen molar-refractivity contribution in [2.45, 2.75) is 6.42 Å². The molecule has 4 heteroatoms. The Bertz CT molecular complexity index is 481. The van der Waals surface area contributed by atoms with Crippen LogP contribution >= 0.6 is 11.3 Å². The summed E-state index contributed by atoms with van der Waals surface area (Å²) in [6.45, 7) is 0.951. The number of fused-ring (bicyclic) bond motifs is 1. The highest BCUT2D eigenvalue weighted by Gasteiger charge is 2.21. The molecule has 0 saturated heterocycles. The molecule has 1 N–H and O–H groups in total. The van der Waals surface area contributed by atoms with Crippen molar-refractivity contribution in [3.05, 3.63) is 35.3 Å². The molecule has 3 nitrogen and oxygen atoms in total. The number of hydrogen-bond donors (Lipinski definition) is 1. The Morgan fingerprint density at radius 3 is 3.13 bits per heavy atom. The van der Waals surface area contributed by atoms with Gasteiger partial charge in [0.05, 0.1) is 0 Å². The molecule has 0 radical (unpaired) electrons. The third-order valence-electron chi connectivity index (χ3n) is 2.61. The number of phenols is 1. The summed E-state index contributed by atoms with van der Waals surface area (Å²) >= 11 is 1.64. The Morgan fingerprint density at radius 1 is 1.40 bits per heavy atom. The third kappa shape index (κ3) is 1.37. The summed E-state index contributed by atoms with van der Waals surface area (Å²) in [5.41, 5.74) is 2.37. The van der Waals surface area contributed by atoms with Gasteiger partial charge in [0.25, 0.3) is 0 Å². The Kier molecular flexibility index (Phi) is 1.89. The van der Waals surface area contributed by atoms with E-state index in [9.17, 15) is 5.11 Å². The van der Waals surface area contributed by atoms with E-state index in [1.807, 2.05) is 23.7 Å². The van der Waals surface area contributed by atoms with Gasteiger partial charge in [-0.1, -0.05) is 0 Å². The molecule has 0 atom stereocenters. The van der Waals surface area contributed by atoms with Crippen molar-refractivity contribution >= 4 is 22.2 Å². The first-order valence-corrected chi connectivity index (χ1v) is 5.71. The Labute approximate surface area is 91.6 Å². The lowest BCUT2D eigenvalue weighted by atomic mass is 10.1. The molecule has 0 bridgehead atoms. The van der Waals surface area contributed by atoms with Gasteiger partial charge in [-0.05, 0) is 30.2 Å². The first-order chi connectivity index (χ1) is 7.34. The quantitative estimate of drug-likeness (QED) is 0.799. The Hall–Kier alpha value is -1.55. The van der Waals surface area contributed by atoms with Gasteiger partial charge >= 0.3 is 0 Å². The second-order valence-corrected chi connectivity index (χ2v) is 4.40. The van der Waals surface area contributed by atoms with Gasteiger partial charge in [-0.2, -0.15) is 0 Å². The fourth-order valence-electron chi connectivity index (χ4n) is 1.94. The van der Waals surface area contributed by atoms with Crippen molar-refractivity contribution in [2.24, 2.45) is 0 Å². The molecule has 2 heterocycles. The van der Waals surface area contributed by atoms with E-state index in [1.54, 1.807) is 17.4 Å². The maximum Gasteiger partial charge on any atom is 0.189 e. The van der Waals surface area contributed by atoms with Gasteiger partial charge in [-0.15, -0.1) is 11.3 Å². The van der Waals surface area contributed by atoms with E-state index < -0.39 is 0 Å². The molecule has 0 unspecified atom stereocenters. The van der Waals surface area contributed by atoms with Crippen LogP contribution in [0.3, 0.4) is 0 Å². The average Bonchev–Trinajstić information content (AvgIpc) is 2.82. The van der Waals surface area contributed by atoms with Crippen molar-refractivity contribution < 1.29 is 5.11 Å². The molecule has 3 rings (SSSR count). The monoisotopic (exact) mass is 218 g/mol. The van der Waals surface area contributed by atoms with Gasteiger partial charge in [0.15, 0.2) is 5.13 Å². The number of phenolic OH excluding ortho intramolecular Hbond substituents is 1. The van der Waals surface area contributed by atoms with Crippen LogP contribution in [0.2, 0.25) is 0 Å². The minimum Gasteiger partial charge on any atom is -0.508 e. The van der Waals surface area contributed by atoms with E-state index in [1.165, 1.54) is 11.3 Å². The zero-order valence-corrected chi connectivity index (χ0v) is 8.87. The maximum atomic E-state index is 9.38. The molecule has 1 aliphatic rings. The van der Waals surface area contributed by atoms with Gasteiger partial charge in [0.1, 0.15) is 5.75 Å². The Morgan fingerprint density at radius 2 is 2.33 bits per heavy atom. The highest BCUT2D eigenvalue weighted by molar-refractivity contribution is 7.13. The molecular weight excluding hydrogens is 208 g/mol. The molecule has 1 aromatic carbocycles. The lowest BCUT2D eigenvalue weighted by Crippen LogP contribution is -2.12. The van der Waals surface area contributed by atoms with Crippen LogP contribution < -0.4 is 4.90 Å². The van der Waals surface area contributed by atoms with Gasteiger partial charge < -0.3 is 10.0 Å². The zero-order chi connectivity index (χ0) is 10.3. The second kappa shape index (κ2) is 3.24. The lowest BCUT2D eigenvalue weighted by Gasteiger charge is -2.15. The van der Waals surface area contributed by atoms with Crippen molar-refractivity contribution in [3.63, 3.8) is 0 Å². The summed E-state index contributed by atoms with van der Waals surface area (Å²) in [4.78, 5) is 6.50. The molecule has 0 saturated carbocycles. The third-order valence-corrected chi connectivity index (χ3v) is 3.40. The molecule has 0 amide bonds. The molecule has 2 aromatic rings. The summed E-state index contributed by atoms with van der Waals surface area (Å²) in [6, 6.07) is 5.52. The van der Waals surface area contributed by atoms with Gasteiger partial charge in [-0.3, -0.25) is 0 Å². The van der Waals surface area contributed by atoms with Crippen molar-refractivity contribution in [1.82, 2.24) is 4.98 Å². The van der Waals surface area contributed by atoms with E-state index in [0.717, 1.165) is 18.1 Å². The van der Waals surface area contributed by atoms with Gasteiger partial charge in [0, 0.05) is 23.8 Å². The minimum absolute atomic E-state index is 0.342. The van der Waals surface area contributed by atoms with Crippen LogP contribution in [0.4, 0.5) is 10.8 Å². The number of rotatable bonds is 1. The SMILES string of the molecule is Oc1ccc2c(c1)CCN2c1nccs1. The number of hydrogen-bond acceptors (Lipinski definition) is 4. The summed E-state index contributed by atoms with van der Waals surface area (Å²) in [5, 5.41) is 12.4. The molecule has 0 spiro atoms. The molecule has 15 heavy (non-hydrogen) atoms. The van der Waals surface area contributed by atoms with E-state index >= 15 is 0 Å². The second-order valence-electron chi connectivity index (χ2n) is 3.53. The average molecular weight is 218 g/mol. The van der Waals surface area contributed by atoms with Crippen LogP contribution in [0.15, 0.2) is 29.8 Å². The smallest absolute Gasteiger partial charge is 0.189 e. The predicted octanol–water partition coefficient (Wildman–Crippen LogP) is 2.54. The van der Waals surface area contributed by atoms with Crippen molar-refractivity contribution in [1.29, 1.82) is 0 Å². The molecule has 1 aromatic heterocycles. The van der Waals surface area contributed by atoms with Crippen LogP contribution in [0.25, 0.3) is 0 Å². The highest BCUT2D eigenvalue weighted by Crippen LogP contribution is 2.36. The standard InChI is InChI=1S/C11H10N2OS/c14-9-1-2-10-8(7-9)3-5-13(10)11-12-4-6-15-11/h1-2,4,6-7,14H,3,5H2. The maximum absolute atomic E-state index is 9.38. The lowest BCUT2D eigenvalue weighted by molar-refractivity contribution is 0.475. The number of thiazole rings is 1. The summed E-state index contributed by atoms with van der Waals surface area (Å²) in [5.74, 6) is 0.342. The topological polar surface area (TPSA) is 36.4 Å². The van der Waals surface area contributed by atoms with E-state index in [0.29, 0.717) is 5.75 Å². The molecule has 1 aliphatic heterocycles. The van der Waals surface area contributed by atoms with Gasteiger partial charge in [-0.25, -0.2) is 4.98 Å². The van der Waals surface area contributed by atoms with E-state index in [-0.39, 0.29) is 0 Å². The first-order valence-electron chi connectivity index (χ1n) is 4.83. The van der Waals surface area contributed by atoms with Crippen molar-refractivity contribution in [2.75, 3.05) is 11.4 Å². The largest absolute Gasteiger partial charge is 0.508 e. The summed E-state index contributed by atoms with van der Waals surface area (Å²) in [7, 11) is 0. The molecule has 0 aliphatic carbocycles. The van der Waals surface area contributed by atoms with Crippen molar-refractivity contribution in [3.8, 4) is 5.75 Å². The summed E-state index contributed by atoms with van der Waals surface area (Å²) < 4.78 is 0. The normalized spacial score (nSPS) is 14.3. The number of benzene rings is 1. The molecule has 76 valence electrons. The number of aromatic nitrogens is 1. The van der Waals surface area contributed by atoms with Gasteiger partial charge in [0.2, 0.25) is 0 Å².